The van der Waals surface area contributed by atoms with Gasteiger partial charge in [0.05, 0.1) is 0 Å². The molecule has 0 atom stereocenters. The zero-order valence-electron chi connectivity index (χ0n) is 11.6. The van der Waals surface area contributed by atoms with Gasteiger partial charge in [0.25, 0.3) is 0 Å². The second kappa shape index (κ2) is 6.10. The number of aromatic carboxylic acids is 1. The number of hydrogen-bond acceptors (Lipinski definition) is 3. The largest absolute Gasteiger partial charge is 0.477 e. The van der Waals surface area contributed by atoms with E-state index in [9.17, 15) is 9.90 Å². The van der Waals surface area contributed by atoms with E-state index in [1.165, 1.54) is 0 Å². The van der Waals surface area contributed by atoms with Crippen LogP contribution in [-0.2, 0) is 0 Å². The molecule has 3 aromatic rings. The molecule has 1 heterocycles. The summed E-state index contributed by atoms with van der Waals surface area (Å²) in [5.74, 6) is -0.831. The Labute approximate surface area is 127 Å². The Hall–Kier alpha value is -3.14. The van der Waals surface area contributed by atoms with E-state index in [1.54, 1.807) is 24.3 Å². The minimum Gasteiger partial charge on any atom is -0.477 e. The van der Waals surface area contributed by atoms with Gasteiger partial charge in [-0.15, -0.1) is 0 Å². The molecule has 0 saturated carbocycles. The molecule has 3 rings (SSSR count). The smallest absolute Gasteiger partial charge is 0.341 e. The first-order chi connectivity index (χ1) is 10.8. The second-order valence-electron chi connectivity index (χ2n) is 4.69. The molecular formula is C18H13NO3. The van der Waals surface area contributed by atoms with Crippen molar-refractivity contribution in [2.24, 2.45) is 0 Å². The lowest BCUT2D eigenvalue weighted by molar-refractivity contribution is 0.0696. The molecule has 0 aliphatic rings. The van der Waals surface area contributed by atoms with E-state index in [4.69, 9.17) is 4.52 Å². The number of benzene rings is 2. The van der Waals surface area contributed by atoms with E-state index >= 15 is 0 Å². The molecule has 1 N–H and O–H groups in total. The van der Waals surface area contributed by atoms with Crippen LogP contribution in [0, 0.1) is 0 Å². The van der Waals surface area contributed by atoms with Crippen LogP contribution in [-0.4, -0.2) is 16.2 Å². The van der Waals surface area contributed by atoms with Crippen molar-refractivity contribution < 1.29 is 14.4 Å². The minimum atomic E-state index is -1.06. The number of carboxylic acids is 1. The Morgan fingerprint density at radius 3 is 2.23 bits per heavy atom. The SMILES string of the molecule is O=C(O)c1c(-c2ccccc2)noc1/C=C/c1ccccc1. The Morgan fingerprint density at radius 1 is 0.955 bits per heavy atom. The Bertz CT molecular complexity index is 805. The van der Waals surface area contributed by atoms with Crippen LogP contribution < -0.4 is 0 Å². The third-order valence-electron chi connectivity index (χ3n) is 3.21. The maximum atomic E-state index is 11.6. The van der Waals surface area contributed by atoms with Gasteiger partial charge in [-0.2, -0.15) is 0 Å². The third kappa shape index (κ3) is 2.81. The van der Waals surface area contributed by atoms with E-state index in [-0.39, 0.29) is 11.3 Å². The highest BCUT2D eigenvalue weighted by Gasteiger charge is 2.21. The summed E-state index contributed by atoms with van der Waals surface area (Å²) in [6.07, 6.45) is 3.42. The summed E-state index contributed by atoms with van der Waals surface area (Å²) in [5.41, 5.74) is 2.07. The lowest BCUT2D eigenvalue weighted by atomic mass is 10.1. The fourth-order valence-electron chi connectivity index (χ4n) is 2.15. The van der Waals surface area contributed by atoms with E-state index < -0.39 is 5.97 Å². The highest BCUT2D eigenvalue weighted by atomic mass is 16.5. The zero-order chi connectivity index (χ0) is 15.4. The number of nitrogens with zero attached hydrogens (tertiary/aromatic N) is 1. The molecule has 4 nitrogen and oxygen atoms in total. The molecule has 1 aromatic heterocycles. The Morgan fingerprint density at radius 2 is 1.59 bits per heavy atom. The van der Waals surface area contributed by atoms with Crippen molar-refractivity contribution in [1.29, 1.82) is 0 Å². The van der Waals surface area contributed by atoms with Crippen molar-refractivity contribution in [3.05, 3.63) is 77.6 Å². The quantitative estimate of drug-likeness (QED) is 0.782. The zero-order valence-corrected chi connectivity index (χ0v) is 11.6. The first-order valence-corrected chi connectivity index (χ1v) is 6.77. The van der Waals surface area contributed by atoms with Gasteiger partial charge in [-0.1, -0.05) is 71.9 Å². The van der Waals surface area contributed by atoms with Crippen molar-refractivity contribution in [1.82, 2.24) is 5.16 Å². The van der Waals surface area contributed by atoms with E-state index in [0.717, 1.165) is 5.56 Å². The van der Waals surface area contributed by atoms with Crippen LogP contribution in [0.2, 0.25) is 0 Å². The normalized spacial score (nSPS) is 10.9. The van der Waals surface area contributed by atoms with Crippen LogP contribution in [0.4, 0.5) is 0 Å². The van der Waals surface area contributed by atoms with Crippen molar-refractivity contribution in [2.45, 2.75) is 0 Å². The third-order valence-corrected chi connectivity index (χ3v) is 3.21. The van der Waals surface area contributed by atoms with Gasteiger partial charge in [0, 0.05) is 5.56 Å². The maximum Gasteiger partial charge on any atom is 0.341 e. The summed E-state index contributed by atoms with van der Waals surface area (Å²) in [7, 11) is 0. The summed E-state index contributed by atoms with van der Waals surface area (Å²) < 4.78 is 5.22. The summed E-state index contributed by atoms with van der Waals surface area (Å²) in [5, 5.41) is 13.4. The van der Waals surface area contributed by atoms with Crippen LogP contribution in [0.15, 0.2) is 65.2 Å². The molecule has 0 spiro atoms. The van der Waals surface area contributed by atoms with Gasteiger partial charge < -0.3 is 9.63 Å². The predicted octanol–water partition coefficient (Wildman–Crippen LogP) is 4.21. The summed E-state index contributed by atoms with van der Waals surface area (Å²) >= 11 is 0. The first kappa shape index (κ1) is 13.8. The topological polar surface area (TPSA) is 63.3 Å². The van der Waals surface area contributed by atoms with Gasteiger partial charge in [-0.05, 0) is 11.6 Å². The minimum absolute atomic E-state index is 0.0679. The number of carboxylic acid groups (broad SMARTS) is 1. The average Bonchev–Trinajstić information content (AvgIpc) is 2.99. The van der Waals surface area contributed by atoms with E-state index in [1.807, 2.05) is 48.5 Å². The lowest BCUT2D eigenvalue weighted by Gasteiger charge is -1.97. The van der Waals surface area contributed by atoms with Crippen LogP contribution in [0.1, 0.15) is 21.7 Å². The molecule has 22 heavy (non-hydrogen) atoms. The predicted molar refractivity (Wildman–Crippen MR) is 84.3 cm³/mol. The Kier molecular flexibility index (Phi) is 3.83. The number of hydrogen-bond donors (Lipinski definition) is 1. The lowest BCUT2D eigenvalue weighted by Crippen LogP contribution is -1.99. The Balaban J connectivity index is 2.01. The molecule has 0 unspecified atom stereocenters. The standard InChI is InChI=1S/C18H13NO3/c20-18(21)16-15(12-11-13-7-3-1-4-8-13)22-19-17(16)14-9-5-2-6-10-14/h1-12H,(H,20,21)/b12-11+. The summed E-state index contributed by atoms with van der Waals surface area (Å²) in [6.45, 7) is 0. The second-order valence-corrected chi connectivity index (χ2v) is 4.69. The molecule has 4 heteroatoms. The fraction of sp³-hybridized carbons (Fsp3) is 0. The van der Waals surface area contributed by atoms with Crippen molar-refractivity contribution in [3.8, 4) is 11.3 Å². The molecule has 0 radical (unpaired) electrons. The highest BCUT2D eigenvalue weighted by Crippen LogP contribution is 2.26. The number of aromatic nitrogens is 1. The van der Waals surface area contributed by atoms with Gasteiger partial charge in [0.2, 0.25) is 0 Å². The molecule has 0 aliphatic carbocycles. The average molecular weight is 291 g/mol. The maximum absolute atomic E-state index is 11.6. The van der Waals surface area contributed by atoms with Gasteiger partial charge in [-0.25, -0.2) is 4.79 Å². The molecule has 0 fully saturated rings. The molecular weight excluding hydrogens is 278 g/mol. The van der Waals surface area contributed by atoms with Crippen LogP contribution in [0.3, 0.4) is 0 Å². The molecule has 0 amide bonds. The monoisotopic (exact) mass is 291 g/mol. The van der Waals surface area contributed by atoms with Crippen molar-refractivity contribution in [3.63, 3.8) is 0 Å². The molecule has 0 bridgehead atoms. The molecule has 0 aliphatic heterocycles. The van der Waals surface area contributed by atoms with Crippen molar-refractivity contribution >= 4 is 18.1 Å². The van der Waals surface area contributed by atoms with Crippen LogP contribution in [0.25, 0.3) is 23.4 Å². The number of rotatable bonds is 4. The molecule has 108 valence electrons. The van der Waals surface area contributed by atoms with E-state index in [0.29, 0.717) is 11.3 Å². The van der Waals surface area contributed by atoms with Crippen LogP contribution >= 0.6 is 0 Å². The van der Waals surface area contributed by atoms with Gasteiger partial charge in [0.1, 0.15) is 11.3 Å². The molecule has 2 aromatic carbocycles. The van der Waals surface area contributed by atoms with Gasteiger partial charge in [0.15, 0.2) is 5.76 Å². The van der Waals surface area contributed by atoms with Crippen molar-refractivity contribution in [2.75, 3.05) is 0 Å². The number of carbonyl (C=O) groups is 1. The van der Waals surface area contributed by atoms with Gasteiger partial charge >= 0.3 is 5.97 Å². The summed E-state index contributed by atoms with van der Waals surface area (Å²) in [6, 6.07) is 18.7. The summed E-state index contributed by atoms with van der Waals surface area (Å²) in [4.78, 5) is 11.6. The van der Waals surface area contributed by atoms with Crippen LogP contribution in [0.5, 0.6) is 0 Å². The van der Waals surface area contributed by atoms with E-state index in [2.05, 4.69) is 5.16 Å². The highest BCUT2D eigenvalue weighted by molar-refractivity contribution is 5.98. The molecule has 0 saturated heterocycles. The first-order valence-electron chi connectivity index (χ1n) is 6.77. The van der Waals surface area contributed by atoms with Gasteiger partial charge in [-0.3, -0.25) is 0 Å². The fourth-order valence-corrected chi connectivity index (χ4v) is 2.15.